The summed E-state index contributed by atoms with van der Waals surface area (Å²) in [5, 5.41) is 42.4. The predicted octanol–water partition coefficient (Wildman–Crippen LogP) is 5.16. The van der Waals surface area contributed by atoms with Gasteiger partial charge in [-0.05, 0) is 79.6 Å². The summed E-state index contributed by atoms with van der Waals surface area (Å²) in [6.07, 6.45) is 10.2. The van der Waals surface area contributed by atoms with E-state index in [0.717, 1.165) is 61.8 Å². The van der Waals surface area contributed by atoms with Crippen molar-refractivity contribution >= 4 is 11.8 Å². The lowest BCUT2D eigenvalue weighted by atomic mass is 9.63. The Morgan fingerprint density at radius 1 is 1.18 bits per heavy atom. The molecule has 0 aromatic heterocycles. The van der Waals surface area contributed by atoms with E-state index in [1.165, 1.54) is 5.57 Å². The largest absolute Gasteiger partial charge is 0.393 e. The molecule has 4 N–H and O–H groups in total. The molecule has 0 bridgehead atoms. The molecule has 188 valence electrons. The van der Waals surface area contributed by atoms with Crippen LogP contribution >= 0.6 is 11.8 Å². The van der Waals surface area contributed by atoms with Crippen LogP contribution in [0.1, 0.15) is 85.5 Å². The zero-order valence-corrected chi connectivity index (χ0v) is 21.9. The van der Waals surface area contributed by atoms with Gasteiger partial charge >= 0.3 is 0 Å². The molecule has 0 spiro atoms. The maximum Gasteiger partial charge on any atom is 0.0811 e. The van der Waals surface area contributed by atoms with Crippen LogP contribution in [-0.4, -0.2) is 55.3 Å². The molecule has 0 unspecified atom stereocenters. The van der Waals surface area contributed by atoms with Crippen LogP contribution in [0.2, 0.25) is 0 Å². The van der Waals surface area contributed by atoms with Crippen molar-refractivity contribution in [2.24, 2.45) is 17.3 Å². The van der Waals surface area contributed by atoms with E-state index in [2.05, 4.69) is 46.4 Å². The van der Waals surface area contributed by atoms with Crippen molar-refractivity contribution in [3.05, 3.63) is 35.5 Å². The number of rotatable bonds is 8. The fourth-order valence-corrected chi connectivity index (χ4v) is 8.32. The first-order valence-corrected chi connectivity index (χ1v) is 14.1. The fourth-order valence-electron chi connectivity index (χ4n) is 6.75. The summed E-state index contributed by atoms with van der Waals surface area (Å²) >= 11 is 1.91. The van der Waals surface area contributed by atoms with Gasteiger partial charge in [0.25, 0.3) is 0 Å². The maximum atomic E-state index is 11.2. The summed E-state index contributed by atoms with van der Waals surface area (Å²) < 4.78 is 0. The van der Waals surface area contributed by atoms with Crippen molar-refractivity contribution in [2.75, 3.05) is 5.75 Å². The third-order valence-corrected chi connectivity index (χ3v) is 10.4. The Morgan fingerprint density at radius 2 is 1.88 bits per heavy atom. The molecule has 3 aliphatic rings. The highest BCUT2D eigenvalue weighted by Crippen LogP contribution is 2.59. The van der Waals surface area contributed by atoms with Gasteiger partial charge in [0.2, 0.25) is 0 Å². The first kappa shape index (κ1) is 27.0. The van der Waals surface area contributed by atoms with Crippen molar-refractivity contribution in [3.63, 3.8) is 0 Å². The zero-order chi connectivity index (χ0) is 24.4. The summed E-state index contributed by atoms with van der Waals surface area (Å²) in [7, 11) is 0. The van der Waals surface area contributed by atoms with Crippen LogP contribution in [0.5, 0.6) is 0 Å². The summed E-state index contributed by atoms with van der Waals surface area (Å²) in [4.78, 5) is 0. The number of fused-ring (bicyclic) bond motifs is 1. The van der Waals surface area contributed by atoms with Crippen molar-refractivity contribution in [1.82, 2.24) is 0 Å². The summed E-state index contributed by atoms with van der Waals surface area (Å²) in [6, 6.07) is 0. The minimum Gasteiger partial charge on any atom is -0.393 e. The molecule has 0 radical (unpaired) electrons. The van der Waals surface area contributed by atoms with E-state index >= 15 is 0 Å². The molecule has 4 nitrogen and oxygen atoms in total. The molecule has 5 heteroatoms. The van der Waals surface area contributed by atoms with Crippen LogP contribution in [0.15, 0.2) is 35.5 Å². The van der Waals surface area contributed by atoms with Gasteiger partial charge in [0.1, 0.15) is 0 Å². The van der Waals surface area contributed by atoms with Crippen molar-refractivity contribution in [3.8, 4) is 0 Å². The van der Waals surface area contributed by atoms with Crippen LogP contribution in [0, 0.1) is 17.3 Å². The Balaban J connectivity index is 1.73. The normalized spacial score (nSPS) is 38.7. The van der Waals surface area contributed by atoms with Gasteiger partial charge in [-0.25, -0.2) is 0 Å². The second kappa shape index (κ2) is 11.0. The SMILES string of the molecule is C=C1/C(=C\C=C2/CCC[C@]3(C)[C@@H]([C@H](C)SCCC(O)(CC)CC)[C@H](O)C[C@@H]23)C[C@@H](O)C[C@@H]1O. The number of hydrogen-bond donors (Lipinski definition) is 4. The molecule has 0 heterocycles. The van der Waals surface area contributed by atoms with Gasteiger partial charge < -0.3 is 20.4 Å². The Bertz CT molecular complexity index is 755. The van der Waals surface area contributed by atoms with Crippen LogP contribution in [0.25, 0.3) is 0 Å². The molecule has 0 aromatic carbocycles. The number of hydrogen-bond acceptors (Lipinski definition) is 5. The second-order valence-corrected chi connectivity index (χ2v) is 12.6. The molecule has 3 saturated carbocycles. The Kier molecular flexibility index (Phi) is 8.99. The molecule has 0 saturated heterocycles. The molecular weight excluding hydrogens is 432 g/mol. The first-order chi connectivity index (χ1) is 15.5. The Morgan fingerprint density at radius 3 is 2.55 bits per heavy atom. The van der Waals surface area contributed by atoms with E-state index in [1.54, 1.807) is 0 Å². The molecule has 0 amide bonds. The Hall–Kier alpha value is -0.590. The van der Waals surface area contributed by atoms with E-state index < -0.39 is 17.8 Å². The first-order valence-electron chi connectivity index (χ1n) is 13.0. The highest BCUT2D eigenvalue weighted by atomic mass is 32.2. The van der Waals surface area contributed by atoms with Gasteiger partial charge in [-0.1, -0.05) is 52.0 Å². The molecule has 0 aromatic rings. The predicted molar refractivity (Wildman–Crippen MR) is 138 cm³/mol. The summed E-state index contributed by atoms with van der Waals surface area (Å²) in [5.74, 6) is 1.53. The third kappa shape index (κ3) is 5.81. The smallest absolute Gasteiger partial charge is 0.0811 e. The van der Waals surface area contributed by atoms with Gasteiger partial charge in [-0.15, -0.1) is 0 Å². The van der Waals surface area contributed by atoms with Gasteiger partial charge in [0.15, 0.2) is 0 Å². The van der Waals surface area contributed by atoms with Gasteiger partial charge in [0.05, 0.1) is 23.9 Å². The van der Waals surface area contributed by atoms with Crippen molar-refractivity contribution < 1.29 is 20.4 Å². The fraction of sp³-hybridized carbons (Fsp3) is 0.786. The van der Waals surface area contributed by atoms with Crippen molar-refractivity contribution in [1.29, 1.82) is 0 Å². The van der Waals surface area contributed by atoms with E-state index in [9.17, 15) is 20.4 Å². The molecule has 3 rings (SSSR count). The highest BCUT2D eigenvalue weighted by Gasteiger charge is 2.55. The van der Waals surface area contributed by atoms with Gasteiger partial charge in [-0.2, -0.15) is 11.8 Å². The molecule has 33 heavy (non-hydrogen) atoms. The van der Waals surface area contributed by atoms with Crippen molar-refractivity contribution in [2.45, 2.75) is 115 Å². The van der Waals surface area contributed by atoms with Crippen LogP contribution in [0.4, 0.5) is 0 Å². The lowest BCUT2D eigenvalue weighted by Gasteiger charge is -2.44. The summed E-state index contributed by atoms with van der Waals surface area (Å²) in [5.41, 5.74) is 2.57. The third-order valence-electron chi connectivity index (χ3n) is 9.11. The minimum atomic E-state index is -0.663. The average Bonchev–Trinajstić information content (AvgIpc) is 3.05. The molecule has 3 fully saturated rings. The van der Waals surface area contributed by atoms with Crippen LogP contribution in [0.3, 0.4) is 0 Å². The van der Waals surface area contributed by atoms with Crippen LogP contribution < -0.4 is 0 Å². The van der Waals surface area contributed by atoms with E-state index in [1.807, 2.05) is 11.8 Å². The molecule has 7 atom stereocenters. The maximum absolute atomic E-state index is 11.2. The number of aliphatic hydroxyl groups excluding tert-OH is 3. The number of aliphatic hydroxyl groups is 4. The molecule has 3 aliphatic carbocycles. The molecule has 0 aliphatic heterocycles. The number of allylic oxidation sites excluding steroid dienone is 3. The second-order valence-electron chi connectivity index (χ2n) is 11.1. The average molecular weight is 479 g/mol. The topological polar surface area (TPSA) is 80.9 Å². The number of thioether (sulfide) groups is 1. The molecular formula is C28H46O4S. The minimum absolute atomic E-state index is 0.0723. The lowest BCUT2D eigenvalue weighted by molar-refractivity contribution is 0.0295. The summed E-state index contributed by atoms with van der Waals surface area (Å²) in [6.45, 7) is 12.8. The van der Waals surface area contributed by atoms with Gasteiger partial charge in [0, 0.05) is 17.6 Å². The Labute approximate surface area is 205 Å². The standard InChI is InChI=1S/C28H46O4S/c1-6-28(32,7-2)13-14-33-19(4)26-25(31)17-23-20(9-8-12-27(23,26)5)10-11-21-15-22(29)16-24(30)18(21)3/h10-11,19,22-26,29-32H,3,6-9,12-17H2,1-2,4-5H3/b20-10+,21-11-/t19-,22+,23-,24-,25+,26-,27-/m0/s1. The quantitative estimate of drug-likeness (QED) is 0.387. The zero-order valence-electron chi connectivity index (χ0n) is 21.1. The highest BCUT2D eigenvalue weighted by molar-refractivity contribution is 7.99. The van der Waals surface area contributed by atoms with Crippen LogP contribution in [-0.2, 0) is 0 Å². The monoisotopic (exact) mass is 478 g/mol. The van der Waals surface area contributed by atoms with E-state index in [4.69, 9.17) is 0 Å². The van der Waals surface area contributed by atoms with E-state index in [0.29, 0.717) is 24.0 Å². The van der Waals surface area contributed by atoms with E-state index in [-0.39, 0.29) is 17.4 Å². The lowest BCUT2D eigenvalue weighted by Crippen LogP contribution is -2.40. The van der Waals surface area contributed by atoms with Gasteiger partial charge in [-0.3, -0.25) is 0 Å².